The van der Waals surface area contributed by atoms with Crippen LogP contribution in [-0.2, 0) is 11.0 Å². The number of alkyl halides is 4. The second kappa shape index (κ2) is 6.60. The second-order valence-corrected chi connectivity index (χ2v) is 7.35. The standard InChI is InChI=1S/C10H10F3IN4O3S/c11-10(12,13)8-16-17-9(22-8)15-7(19)5-3-4(18(20)21)1-2-6(5)14/h4-6H,1-3H2,(H,15,17,19). The molecule has 0 bridgehead atoms. The number of halogens is 4. The molecule has 0 spiro atoms. The topological polar surface area (TPSA) is 98.0 Å². The van der Waals surface area contributed by atoms with E-state index in [1.54, 1.807) is 0 Å². The Kier molecular flexibility index (Phi) is 5.19. The van der Waals surface area contributed by atoms with Crippen molar-refractivity contribution in [2.24, 2.45) is 5.92 Å². The van der Waals surface area contributed by atoms with Crippen LogP contribution in [-0.4, -0.2) is 31.0 Å². The number of carbonyl (C=O) groups excluding carboxylic acids is 1. The van der Waals surface area contributed by atoms with E-state index in [1.807, 2.05) is 22.6 Å². The molecule has 1 saturated carbocycles. The molecule has 7 nitrogen and oxygen atoms in total. The zero-order valence-corrected chi connectivity index (χ0v) is 13.8. The van der Waals surface area contributed by atoms with Crippen LogP contribution in [0.3, 0.4) is 0 Å². The van der Waals surface area contributed by atoms with Gasteiger partial charge in [-0.15, -0.1) is 10.2 Å². The van der Waals surface area contributed by atoms with E-state index in [-0.39, 0.29) is 26.8 Å². The third-order valence-electron chi connectivity index (χ3n) is 3.27. The molecule has 3 atom stereocenters. The minimum absolute atomic E-state index is 0.0668. The number of anilines is 1. The van der Waals surface area contributed by atoms with Crippen molar-refractivity contribution in [2.75, 3.05) is 5.32 Å². The molecule has 1 aliphatic rings. The lowest BCUT2D eigenvalue weighted by atomic mass is 9.85. The lowest BCUT2D eigenvalue weighted by Crippen LogP contribution is -2.39. The summed E-state index contributed by atoms with van der Waals surface area (Å²) < 4.78 is 37.1. The minimum Gasteiger partial charge on any atom is -0.300 e. The van der Waals surface area contributed by atoms with Gasteiger partial charge in [-0.1, -0.05) is 33.9 Å². The maximum Gasteiger partial charge on any atom is 0.445 e. The average molecular weight is 450 g/mol. The lowest BCUT2D eigenvalue weighted by molar-refractivity contribution is -0.527. The number of hydrogen-bond donors (Lipinski definition) is 1. The Balaban J connectivity index is 2.04. The molecule has 1 aromatic rings. The summed E-state index contributed by atoms with van der Waals surface area (Å²) in [5.74, 6) is -1.20. The van der Waals surface area contributed by atoms with E-state index in [0.717, 1.165) is 0 Å². The average Bonchev–Trinajstić information content (AvgIpc) is 2.87. The van der Waals surface area contributed by atoms with E-state index >= 15 is 0 Å². The Hall–Kier alpha value is -1.05. The molecular formula is C10H10F3IN4O3S. The van der Waals surface area contributed by atoms with Gasteiger partial charge in [-0.05, 0) is 6.42 Å². The molecule has 0 aliphatic heterocycles. The summed E-state index contributed by atoms with van der Waals surface area (Å²) in [7, 11) is 0. The van der Waals surface area contributed by atoms with Crippen LogP contribution in [0.5, 0.6) is 0 Å². The van der Waals surface area contributed by atoms with Gasteiger partial charge in [-0.2, -0.15) is 13.2 Å². The van der Waals surface area contributed by atoms with Gasteiger partial charge in [0.1, 0.15) is 0 Å². The first kappa shape index (κ1) is 17.3. The molecule has 2 rings (SSSR count). The molecule has 22 heavy (non-hydrogen) atoms. The highest BCUT2D eigenvalue weighted by Crippen LogP contribution is 2.35. The highest BCUT2D eigenvalue weighted by Gasteiger charge is 2.40. The van der Waals surface area contributed by atoms with Crippen molar-refractivity contribution in [3.8, 4) is 0 Å². The third-order valence-corrected chi connectivity index (χ3v) is 5.65. The molecule has 1 aromatic heterocycles. The predicted octanol–water partition coefficient (Wildman–Crippen LogP) is 2.74. The number of aromatic nitrogens is 2. The van der Waals surface area contributed by atoms with E-state index in [4.69, 9.17) is 0 Å². The van der Waals surface area contributed by atoms with E-state index in [0.29, 0.717) is 12.8 Å². The van der Waals surface area contributed by atoms with Crippen LogP contribution in [0.1, 0.15) is 24.3 Å². The largest absolute Gasteiger partial charge is 0.445 e. The van der Waals surface area contributed by atoms with Gasteiger partial charge in [0.05, 0.1) is 5.92 Å². The summed E-state index contributed by atoms with van der Waals surface area (Å²) in [6.45, 7) is 0. The molecule has 122 valence electrons. The number of nitrogens with zero attached hydrogens (tertiary/aromatic N) is 3. The number of carbonyl (C=O) groups is 1. The van der Waals surface area contributed by atoms with Crippen LogP contribution >= 0.6 is 33.9 Å². The van der Waals surface area contributed by atoms with Crippen LogP contribution in [0.2, 0.25) is 0 Å². The molecule has 1 N–H and O–H groups in total. The Morgan fingerprint density at radius 1 is 1.41 bits per heavy atom. The van der Waals surface area contributed by atoms with Crippen LogP contribution in [0.4, 0.5) is 18.3 Å². The molecule has 3 unspecified atom stereocenters. The molecule has 1 amide bonds. The molecule has 0 aromatic carbocycles. The molecule has 1 aliphatic carbocycles. The van der Waals surface area contributed by atoms with Crippen molar-refractivity contribution in [1.82, 2.24) is 10.2 Å². The van der Waals surface area contributed by atoms with Crippen molar-refractivity contribution < 1.29 is 22.9 Å². The van der Waals surface area contributed by atoms with Crippen molar-refractivity contribution in [1.29, 1.82) is 0 Å². The molecule has 1 fully saturated rings. The number of hydrogen-bond acceptors (Lipinski definition) is 6. The zero-order chi connectivity index (χ0) is 16.5. The first-order chi connectivity index (χ1) is 10.2. The van der Waals surface area contributed by atoms with Gasteiger partial charge in [0.25, 0.3) is 0 Å². The third kappa shape index (κ3) is 4.02. The lowest BCUT2D eigenvalue weighted by Gasteiger charge is -2.27. The summed E-state index contributed by atoms with van der Waals surface area (Å²) in [6, 6.07) is -0.804. The van der Waals surface area contributed by atoms with Gasteiger partial charge >= 0.3 is 6.18 Å². The van der Waals surface area contributed by atoms with Gasteiger partial charge < -0.3 is 5.32 Å². The van der Waals surface area contributed by atoms with Gasteiger partial charge in [0.2, 0.25) is 22.1 Å². The van der Waals surface area contributed by atoms with E-state index in [9.17, 15) is 28.1 Å². The normalized spacial score (nSPS) is 25.7. The van der Waals surface area contributed by atoms with Gasteiger partial charge in [-0.25, -0.2) is 0 Å². The summed E-state index contributed by atoms with van der Waals surface area (Å²) >= 11 is 2.26. The van der Waals surface area contributed by atoms with Crippen LogP contribution in [0.15, 0.2) is 0 Å². The van der Waals surface area contributed by atoms with Crippen LogP contribution in [0.25, 0.3) is 0 Å². The first-order valence-electron chi connectivity index (χ1n) is 6.17. The van der Waals surface area contributed by atoms with Crippen molar-refractivity contribution in [2.45, 2.75) is 35.4 Å². The van der Waals surface area contributed by atoms with Crippen LogP contribution < -0.4 is 5.32 Å². The van der Waals surface area contributed by atoms with Crippen LogP contribution in [0, 0.1) is 16.0 Å². The summed E-state index contributed by atoms with van der Waals surface area (Å²) in [5.41, 5.74) is 0. The van der Waals surface area contributed by atoms with E-state index < -0.39 is 34.0 Å². The predicted molar refractivity (Wildman–Crippen MR) is 79.5 cm³/mol. The molecule has 12 heteroatoms. The fourth-order valence-electron chi connectivity index (χ4n) is 2.16. The van der Waals surface area contributed by atoms with Crippen molar-refractivity contribution in [3.63, 3.8) is 0 Å². The summed E-state index contributed by atoms with van der Waals surface area (Å²) in [6.07, 6.45) is -3.65. The Labute approximate surface area is 140 Å². The number of nitro groups is 1. The molecule has 0 saturated heterocycles. The van der Waals surface area contributed by atoms with Gasteiger partial charge in [0.15, 0.2) is 0 Å². The maximum absolute atomic E-state index is 12.4. The number of nitrogens with one attached hydrogen (secondary N) is 1. The fourth-order valence-corrected chi connectivity index (χ4v) is 3.75. The number of amides is 1. The molecule has 1 heterocycles. The van der Waals surface area contributed by atoms with Gasteiger partial charge in [-0.3, -0.25) is 14.9 Å². The first-order valence-corrected chi connectivity index (χ1v) is 8.24. The molecular weight excluding hydrogens is 440 g/mol. The summed E-state index contributed by atoms with van der Waals surface area (Å²) in [5, 5.41) is 17.9. The molecule has 0 radical (unpaired) electrons. The van der Waals surface area contributed by atoms with Crippen molar-refractivity contribution in [3.05, 3.63) is 15.1 Å². The Bertz CT molecular complexity index is 582. The maximum atomic E-state index is 12.4. The van der Waals surface area contributed by atoms with E-state index in [1.165, 1.54) is 0 Å². The van der Waals surface area contributed by atoms with E-state index in [2.05, 4.69) is 15.5 Å². The second-order valence-electron chi connectivity index (χ2n) is 4.77. The van der Waals surface area contributed by atoms with Gasteiger partial charge in [0, 0.05) is 21.7 Å². The Morgan fingerprint density at radius 3 is 2.64 bits per heavy atom. The summed E-state index contributed by atoms with van der Waals surface area (Å²) in [4.78, 5) is 22.5. The highest BCUT2D eigenvalue weighted by atomic mass is 127. The number of rotatable bonds is 3. The smallest absolute Gasteiger partial charge is 0.300 e. The minimum atomic E-state index is -4.62. The van der Waals surface area contributed by atoms with Crippen molar-refractivity contribution >= 4 is 45.0 Å². The quantitative estimate of drug-likeness (QED) is 0.331. The highest BCUT2D eigenvalue weighted by molar-refractivity contribution is 14.1. The monoisotopic (exact) mass is 450 g/mol. The zero-order valence-electron chi connectivity index (χ0n) is 10.8. The Morgan fingerprint density at radius 2 is 2.09 bits per heavy atom. The SMILES string of the molecule is O=C(Nc1nnc(C(F)(F)F)s1)C1CC([N+](=O)[O-])CCC1I. The fraction of sp³-hybridized carbons (Fsp3) is 0.700.